The third kappa shape index (κ3) is 4.22. The number of H-pyrrole nitrogens is 1. The van der Waals surface area contributed by atoms with Crippen LogP contribution in [0.4, 0.5) is 4.39 Å². The summed E-state index contributed by atoms with van der Waals surface area (Å²) >= 11 is 0. The van der Waals surface area contributed by atoms with Crippen LogP contribution in [0.1, 0.15) is 37.7 Å². The second-order valence-electron chi connectivity index (χ2n) is 6.45. The van der Waals surface area contributed by atoms with Gasteiger partial charge in [0.1, 0.15) is 17.5 Å². The third-order valence-electron chi connectivity index (χ3n) is 4.41. The first-order chi connectivity index (χ1) is 12.1. The van der Waals surface area contributed by atoms with E-state index in [1.54, 1.807) is 10.7 Å². The molecule has 3 aromatic rings. The van der Waals surface area contributed by atoms with Gasteiger partial charge in [-0.1, -0.05) is 20.3 Å². The highest BCUT2D eigenvalue weighted by molar-refractivity contribution is 5.74. The maximum absolute atomic E-state index is 13.3. The van der Waals surface area contributed by atoms with Gasteiger partial charge in [0.15, 0.2) is 5.82 Å². The summed E-state index contributed by atoms with van der Waals surface area (Å²) < 4.78 is 15.1. The van der Waals surface area contributed by atoms with Crippen LogP contribution in [0.25, 0.3) is 11.0 Å². The van der Waals surface area contributed by atoms with Crippen LogP contribution in [0.2, 0.25) is 0 Å². The Bertz CT molecular complexity index is 841. The maximum Gasteiger partial charge on any atom is 0.151 e. The number of halogens is 1. The lowest BCUT2D eigenvalue weighted by atomic mass is 10.1. The van der Waals surface area contributed by atoms with Crippen LogP contribution in [0.3, 0.4) is 0 Å². The first-order valence-corrected chi connectivity index (χ1v) is 8.76. The van der Waals surface area contributed by atoms with E-state index in [1.807, 2.05) is 0 Å². The number of aromatic nitrogens is 5. The first kappa shape index (κ1) is 17.5. The number of nitrogens with zero attached hydrogens (tertiary/aromatic N) is 4. The molecule has 0 spiro atoms. The number of benzene rings is 1. The quantitative estimate of drug-likeness (QED) is 0.658. The van der Waals surface area contributed by atoms with Crippen molar-refractivity contribution in [2.24, 2.45) is 5.92 Å². The van der Waals surface area contributed by atoms with Crippen molar-refractivity contribution in [1.29, 1.82) is 0 Å². The Morgan fingerprint density at radius 1 is 1.28 bits per heavy atom. The Morgan fingerprint density at radius 2 is 2.12 bits per heavy atom. The zero-order valence-electron chi connectivity index (χ0n) is 14.7. The van der Waals surface area contributed by atoms with Crippen molar-refractivity contribution in [2.45, 2.75) is 46.1 Å². The zero-order chi connectivity index (χ0) is 17.8. The van der Waals surface area contributed by atoms with Crippen molar-refractivity contribution in [2.75, 3.05) is 6.61 Å². The predicted octanol–water partition coefficient (Wildman–Crippen LogP) is 2.66. The topological polar surface area (TPSA) is 79.6 Å². The van der Waals surface area contributed by atoms with E-state index in [9.17, 15) is 9.50 Å². The van der Waals surface area contributed by atoms with Crippen molar-refractivity contribution in [1.82, 2.24) is 24.7 Å². The van der Waals surface area contributed by atoms with Gasteiger partial charge in [-0.2, -0.15) is 5.10 Å². The Labute approximate surface area is 146 Å². The van der Waals surface area contributed by atoms with Crippen LogP contribution in [-0.2, 0) is 25.8 Å². The molecule has 0 aliphatic carbocycles. The van der Waals surface area contributed by atoms with Crippen molar-refractivity contribution in [3.05, 3.63) is 41.5 Å². The maximum atomic E-state index is 13.3. The molecule has 0 bridgehead atoms. The minimum atomic E-state index is -0.278. The fourth-order valence-corrected chi connectivity index (χ4v) is 2.81. The smallest absolute Gasteiger partial charge is 0.151 e. The molecule has 0 radical (unpaired) electrons. The highest BCUT2D eigenvalue weighted by atomic mass is 19.1. The third-order valence-corrected chi connectivity index (χ3v) is 4.41. The van der Waals surface area contributed by atoms with E-state index >= 15 is 0 Å². The highest BCUT2D eigenvalue weighted by Gasteiger charge is 2.13. The SMILES string of the molecule is CCC(C)Cc1nc(CCc2nc3ccc(F)cc3[nH]2)n(CCO)n1. The average Bonchev–Trinajstić information content (AvgIpc) is 3.16. The van der Waals surface area contributed by atoms with Crippen molar-refractivity contribution >= 4 is 11.0 Å². The summed E-state index contributed by atoms with van der Waals surface area (Å²) in [4.78, 5) is 12.3. The number of rotatable bonds is 8. The van der Waals surface area contributed by atoms with Gasteiger partial charge in [-0.25, -0.2) is 19.0 Å². The second kappa shape index (κ2) is 7.74. The number of aliphatic hydroxyl groups excluding tert-OH is 1. The summed E-state index contributed by atoms with van der Waals surface area (Å²) in [7, 11) is 0. The van der Waals surface area contributed by atoms with Crippen LogP contribution >= 0.6 is 0 Å². The Hall–Kier alpha value is -2.28. The van der Waals surface area contributed by atoms with E-state index in [2.05, 4.69) is 33.9 Å². The molecule has 0 aliphatic rings. The number of hydrogen-bond acceptors (Lipinski definition) is 4. The molecule has 7 heteroatoms. The molecule has 0 saturated carbocycles. The van der Waals surface area contributed by atoms with Crippen LogP contribution in [-0.4, -0.2) is 36.4 Å². The molecule has 25 heavy (non-hydrogen) atoms. The molecule has 6 nitrogen and oxygen atoms in total. The van der Waals surface area contributed by atoms with Gasteiger partial charge < -0.3 is 10.1 Å². The number of aryl methyl sites for hydroxylation is 2. The van der Waals surface area contributed by atoms with E-state index in [4.69, 9.17) is 0 Å². The molecule has 2 heterocycles. The molecule has 1 unspecified atom stereocenters. The van der Waals surface area contributed by atoms with Gasteiger partial charge in [0.2, 0.25) is 0 Å². The second-order valence-corrected chi connectivity index (χ2v) is 6.45. The van der Waals surface area contributed by atoms with E-state index in [-0.39, 0.29) is 12.4 Å². The molecule has 0 saturated heterocycles. The molecule has 2 aromatic heterocycles. The Balaban J connectivity index is 1.73. The van der Waals surface area contributed by atoms with E-state index in [0.29, 0.717) is 30.8 Å². The van der Waals surface area contributed by atoms with Gasteiger partial charge in [-0.3, -0.25) is 0 Å². The molecule has 3 rings (SSSR count). The number of hydrogen-bond donors (Lipinski definition) is 2. The normalized spacial score (nSPS) is 12.8. The number of aliphatic hydroxyl groups is 1. The zero-order valence-corrected chi connectivity index (χ0v) is 14.7. The van der Waals surface area contributed by atoms with Gasteiger partial charge >= 0.3 is 0 Å². The van der Waals surface area contributed by atoms with Crippen LogP contribution in [0, 0.1) is 11.7 Å². The van der Waals surface area contributed by atoms with Gasteiger partial charge in [0, 0.05) is 19.3 Å². The van der Waals surface area contributed by atoms with Crippen molar-refractivity contribution in [3.8, 4) is 0 Å². The summed E-state index contributed by atoms with van der Waals surface area (Å²) in [6.45, 7) is 4.80. The monoisotopic (exact) mass is 345 g/mol. The van der Waals surface area contributed by atoms with Crippen LogP contribution < -0.4 is 0 Å². The van der Waals surface area contributed by atoms with Crippen molar-refractivity contribution < 1.29 is 9.50 Å². The highest BCUT2D eigenvalue weighted by Crippen LogP contribution is 2.15. The van der Waals surface area contributed by atoms with E-state index < -0.39 is 0 Å². The van der Waals surface area contributed by atoms with Gasteiger partial charge in [0.05, 0.1) is 24.2 Å². The molecule has 1 aromatic carbocycles. The van der Waals surface area contributed by atoms with Gasteiger partial charge in [-0.05, 0) is 24.1 Å². The average molecular weight is 345 g/mol. The summed E-state index contributed by atoms with van der Waals surface area (Å²) in [5, 5.41) is 13.8. The molecule has 0 amide bonds. The van der Waals surface area contributed by atoms with Gasteiger partial charge in [-0.15, -0.1) is 0 Å². The molecule has 134 valence electrons. The standard InChI is InChI=1S/C18H24FN5O/c1-3-12(2)10-17-22-18(24(23-17)8-9-25)7-6-16-20-14-5-4-13(19)11-15(14)21-16/h4-5,11-12,25H,3,6-10H2,1-2H3,(H,20,21). The molecular formula is C18H24FN5O. The predicted molar refractivity (Wildman–Crippen MR) is 93.7 cm³/mol. The number of aromatic amines is 1. The Kier molecular flexibility index (Phi) is 5.43. The Morgan fingerprint density at radius 3 is 2.88 bits per heavy atom. The molecular weight excluding hydrogens is 321 g/mol. The number of nitrogens with one attached hydrogen (secondary N) is 1. The summed E-state index contributed by atoms with van der Waals surface area (Å²) in [6, 6.07) is 4.53. The number of imidazole rings is 1. The lowest BCUT2D eigenvalue weighted by molar-refractivity contribution is 0.266. The lowest BCUT2D eigenvalue weighted by Crippen LogP contribution is -2.10. The first-order valence-electron chi connectivity index (χ1n) is 8.76. The minimum Gasteiger partial charge on any atom is -0.394 e. The molecule has 1 atom stereocenters. The minimum absolute atomic E-state index is 0.0308. The number of fused-ring (bicyclic) bond motifs is 1. The lowest BCUT2D eigenvalue weighted by Gasteiger charge is -2.03. The van der Waals surface area contributed by atoms with Crippen LogP contribution in [0.5, 0.6) is 0 Å². The van der Waals surface area contributed by atoms with E-state index in [1.165, 1.54) is 12.1 Å². The van der Waals surface area contributed by atoms with Crippen molar-refractivity contribution in [3.63, 3.8) is 0 Å². The molecule has 0 fully saturated rings. The summed E-state index contributed by atoms with van der Waals surface area (Å²) in [6.07, 6.45) is 3.24. The fourth-order valence-electron chi connectivity index (χ4n) is 2.81. The van der Waals surface area contributed by atoms with E-state index in [0.717, 1.165) is 35.8 Å². The molecule has 2 N–H and O–H groups in total. The summed E-state index contributed by atoms with van der Waals surface area (Å²) in [5.74, 6) is 2.72. The van der Waals surface area contributed by atoms with Crippen LogP contribution in [0.15, 0.2) is 18.2 Å². The van der Waals surface area contributed by atoms with Gasteiger partial charge in [0.25, 0.3) is 0 Å². The molecule has 0 aliphatic heterocycles. The fraction of sp³-hybridized carbons (Fsp3) is 0.500. The largest absolute Gasteiger partial charge is 0.394 e. The summed E-state index contributed by atoms with van der Waals surface area (Å²) in [5.41, 5.74) is 1.45.